The minimum Gasteiger partial charge on any atom is -0.481 e. The number of aliphatic carboxylic acids is 1. The van der Waals surface area contributed by atoms with E-state index >= 15 is 0 Å². The van der Waals surface area contributed by atoms with Gasteiger partial charge in [-0.1, -0.05) is 20.8 Å². The average molecular weight is 297 g/mol. The van der Waals surface area contributed by atoms with Crippen LogP contribution < -0.4 is 0 Å². The first-order chi connectivity index (χ1) is 9.86. The van der Waals surface area contributed by atoms with Crippen LogP contribution in [0.25, 0.3) is 0 Å². The fourth-order valence-corrected chi connectivity index (χ4v) is 3.35. The molecule has 0 spiro atoms. The Morgan fingerprint density at radius 1 is 1.24 bits per heavy atom. The minimum absolute atomic E-state index is 0.168. The highest BCUT2D eigenvalue weighted by atomic mass is 16.5. The van der Waals surface area contributed by atoms with Gasteiger partial charge >= 0.3 is 5.97 Å². The monoisotopic (exact) mass is 297 g/mol. The lowest BCUT2D eigenvalue weighted by molar-refractivity contribution is -0.147. The standard InChI is InChI=1S/C16H27NO4/c1-4-16(2,3)15(20)17-8-5-11(6-9-17)13-12(14(18)19)7-10-21-13/h11-13H,4-10H2,1-3H3,(H,18,19)/t12?,13-/m0/s1. The molecule has 5 heteroatoms. The van der Waals surface area contributed by atoms with Crippen LogP contribution in [0.4, 0.5) is 0 Å². The maximum atomic E-state index is 12.5. The summed E-state index contributed by atoms with van der Waals surface area (Å²) >= 11 is 0. The zero-order valence-corrected chi connectivity index (χ0v) is 13.3. The molecule has 0 bridgehead atoms. The predicted octanol–water partition coefficient (Wildman–Crippen LogP) is 2.15. The topological polar surface area (TPSA) is 66.8 Å². The third kappa shape index (κ3) is 3.39. The van der Waals surface area contributed by atoms with Crippen molar-refractivity contribution in [3.63, 3.8) is 0 Å². The molecule has 120 valence electrons. The number of ether oxygens (including phenoxy) is 1. The van der Waals surface area contributed by atoms with Crippen molar-refractivity contribution in [2.45, 2.75) is 52.6 Å². The van der Waals surface area contributed by atoms with Gasteiger partial charge < -0.3 is 14.7 Å². The maximum Gasteiger partial charge on any atom is 0.309 e. The van der Waals surface area contributed by atoms with Gasteiger partial charge in [-0.2, -0.15) is 0 Å². The van der Waals surface area contributed by atoms with E-state index in [1.54, 1.807) is 0 Å². The highest BCUT2D eigenvalue weighted by molar-refractivity contribution is 5.82. The average Bonchev–Trinajstić information content (AvgIpc) is 2.96. The summed E-state index contributed by atoms with van der Waals surface area (Å²) in [4.78, 5) is 25.6. The van der Waals surface area contributed by atoms with E-state index in [1.807, 2.05) is 25.7 Å². The number of piperidine rings is 1. The molecule has 1 unspecified atom stereocenters. The number of carboxylic acid groups (broad SMARTS) is 1. The number of hydrogen-bond donors (Lipinski definition) is 1. The van der Waals surface area contributed by atoms with Crippen molar-refractivity contribution >= 4 is 11.9 Å². The minimum atomic E-state index is -0.747. The van der Waals surface area contributed by atoms with Crippen LogP contribution >= 0.6 is 0 Å². The van der Waals surface area contributed by atoms with Crippen LogP contribution in [0, 0.1) is 17.3 Å². The quantitative estimate of drug-likeness (QED) is 0.863. The Morgan fingerprint density at radius 3 is 2.38 bits per heavy atom. The van der Waals surface area contributed by atoms with E-state index in [0.29, 0.717) is 13.0 Å². The first kappa shape index (κ1) is 16.3. The molecule has 2 fully saturated rings. The number of carboxylic acids is 1. The van der Waals surface area contributed by atoms with Crippen molar-refractivity contribution in [1.29, 1.82) is 0 Å². The summed E-state index contributed by atoms with van der Waals surface area (Å²) in [5.41, 5.74) is -0.305. The SMILES string of the molecule is CCC(C)(C)C(=O)N1CCC([C@@H]2OCCC2C(=O)O)CC1. The molecule has 21 heavy (non-hydrogen) atoms. The Bertz CT molecular complexity index is 399. The number of carbonyl (C=O) groups is 2. The highest BCUT2D eigenvalue weighted by Gasteiger charge is 2.41. The van der Waals surface area contributed by atoms with Crippen molar-refractivity contribution in [3.8, 4) is 0 Å². The van der Waals surface area contributed by atoms with Gasteiger partial charge in [0.25, 0.3) is 0 Å². The number of likely N-dealkylation sites (tertiary alicyclic amines) is 1. The Kier molecular flexibility index (Phi) is 4.91. The van der Waals surface area contributed by atoms with E-state index < -0.39 is 5.97 Å². The molecule has 0 aromatic carbocycles. The Labute approximate surface area is 126 Å². The van der Waals surface area contributed by atoms with Crippen LogP contribution in [0.15, 0.2) is 0 Å². The largest absolute Gasteiger partial charge is 0.481 e. The summed E-state index contributed by atoms with van der Waals surface area (Å²) in [6, 6.07) is 0. The summed E-state index contributed by atoms with van der Waals surface area (Å²) in [7, 11) is 0. The first-order valence-electron chi connectivity index (χ1n) is 8.00. The van der Waals surface area contributed by atoms with Crippen LogP contribution in [0.1, 0.15) is 46.5 Å². The van der Waals surface area contributed by atoms with Crippen LogP contribution in [-0.4, -0.2) is 47.7 Å². The van der Waals surface area contributed by atoms with Gasteiger partial charge in [0.15, 0.2) is 0 Å². The van der Waals surface area contributed by atoms with Gasteiger partial charge in [0.2, 0.25) is 5.91 Å². The lowest BCUT2D eigenvalue weighted by Gasteiger charge is -2.38. The number of carbonyl (C=O) groups excluding carboxylic acids is 1. The van der Waals surface area contributed by atoms with Crippen molar-refractivity contribution < 1.29 is 19.4 Å². The number of nitrogens with zero attached hydrogens (tertiary/aromatic N) is 1. The number of hydrogen-bond acceptors (Lipinski definition) is 3. The van der Waals surface area contributed by atoms with E-state index in [-0.39, 0.29) is 29.3 Å². The number of rotatable bonds is 4. The van der Waals surface area contributed by atoms with E-state index in [1.165, 1.54) is 0 Å². The van der Waals surface area contributed by atoms with Crippen LogP contribution in [0.2, 0.25) is 0 Å². The van der Waals surface area contributed by atoms with Crippen molar-refractivity contribution in [2.75, 3.05) is 19.7 Å². The summed E-state index contributed by atoms with van der Waals surface area (Å²) < 4.78 is 5.67. The molecule has 5 nitrogen and oxygen atoms in total. The second-order valence-corrected chi connectivity index (χ2v) is 6.94. The van der Waals surface area contributed by atoms with Gasteiger partial charge in [0, 0.05) is 25.1 Å². The maximum absolute atomic E-state index is 12.5. The third-order valence-corrected chi connectivity index (χ3v) is 5.21. The van der Waals surface area contributed by atoms with Crippen molar-refractivity contribution in [3.05, 3.63) is 0 Å². The molecular formula is C16H27NO4. The summed E-state index contributed by atoms with van der Waals surface area (Å²) in [5.74, 6) is -0.638. The highest BCUT2D eigenvalue weighted by Crippen LogP contribution is 2.34. The summed E-state index contributed by atoms with van der Waals surface area (Å²) in [6.45, 7) is 8.00. The zero-order chi connectivity index (χ0) is 15.6. The molecule has 0 radical (unpaired) electrons. The summed E-state index contributed by atoms with van der Waals surface area (Å²) in [5, 5.41) is 9.25. The Balaban J connectivity index is 1.92. The van der Waals surface area contributed by atoms with E-state index in [4.69, 9.17) is 4.74 Å². The predicted molar refractivity (Wildman–Crippen MR) is 78.9 cm³/mol. The second kappa shape index (κ2) is 6.34. The van der Waals surface area contributed by atoms with E-state index in [9.17, 15) is 14.7 Å². The molecule has 2 aliphatic heterocycles. The van der Waals surface area contributed by atoms with Gasteiger partial charge in [-0.05, 0) is 31.6 Å². The molecule has 1 amide bonds. The molecule has 2 saturated heterocycles. The van der Waals surface area contributed by atoms with Gasteiger partial charge in [-0.3, -0.25) is 9.59 Å². The van der Waals surface area contributed by atoms with Gasteiger partial charge in [0.05, 0.1) is 12.0 Å². The smallest absolute Gasteiger partial charge is 0.309 e. The summed E-state index contributed by atoms with van der Waals surface area (Å²) in [6.07, 6.45) is 2.97. The molecule has 1 N–H and O–H groups in total. The molecule has 0 aromatic heterocycles. The van der Waals surface area contributed by atoms with E-state index in [2.05, 4.69) is 0 Å². The lowest BCUT2D eigenvalue weighted by atomic mass is 9.82. The Morgan fingerprint density at radius 2 is 1.86 bits per heavy atom. The molecule has 0 aromatic rings. The molecule has 2 heterocycles. The van der Waals surface area contributed by atoms with Crippen LogP contribution in [0.5, 0.6) is 0 Å². The van der Waals surface area contributed by atoms with E-state index in [0.717, 1.165) is 32.4 Å². The molecule has 2 aliphatic rings. The van der Waals surface area contributed by atoms with Crippen LogP contribution in [-0.2, 0) is 14.3 Å². The molecule has 2 atom stereocenters. The van der Waals surface area contributed by atoms with Gasteiger partial charge in [-0.15, -0.1) is 0 Å². The molecule has 0 aliphatic carbocycles. The van der Waals surface area contributed by atoms with Crippen molar-refractivity contribution in [2.24, 2.45) is 17.3 Å². The van der Waals surface area contributed by atoms with Crippen LogP contribution in [0.3, 0.4) is 0 Å². The van der Waals surface area contributed by atoms with Crippen molar-refractivity contribution in [1.82, 2.24) is 4.90 Å². The second-order valence-electron chi connectivity index (χ2n) is 6.94. The van der Waals surface area contributed by atoms with Gasteiger partial charge in [-0.25, -0.2) is 0 Å². The van der Waals surface area contributed by atoms with Gasteiger partial charge in [0.1, 0.15) is 0 Å². The normalized spacial score (nSPS) is 27.9. The first-order valence-corrected chi connectivity index (χ1v) is 8.00. The molecular weight excluding hydrogens is 270 g/mol. The lowest BCUT2D eigenvalue weighted by Crippen LogP contribution is -2.47. The Hall–Kier alpha value is -1.10. The zero-order valence-electron chi connectivity index (χ0n) is 13.3. The third-order valence-electron chi connectivity index (χ3n) is 5.21. The number of amides is 1. The fourth-order valence-electron chi connectivity index (χ4n) is 3.35. The molecule has 0 saturated carbocycles. The molecule has 2 rings (SSSR count). The fraction of sp³-hybridized carbons (Fsp3) is 0.875.